The summed E-state index contributed by atoms with van der Waals surface area (Å²) < 4.78 is 0. The molecule has 132 valence electrons. The average Bonchev–Trinajstić information content (AvgIpc) is 2.56. The lowest BCUT2D eigenvalue weighted by atomic mass is 10.2. The van der Waals surface area contributed by atoms with Crippen LogP contribution in [0.25, 0.3) is 0 Å². The molecule has 0 bridgehead atoms. The van der Waals surface area contributed by atoms with Crippen molar-refractivity contribution in [3.8, 4) is 0 Å². The van der Waals surface area contributed by atoms with Crippen LogP contribution < -0.4 is 16.0 Å². The fourth-order valence-electron chi connectivity index (χ4n) is 2.02. The number of hydrogen-bond acceptors (Lipinski definition) is 6. The number of nitrogens with one attached hydrogen (secondary N) is 3. The van der Waals surface area contributed by atoms with E-state index in [-0.39, 0.29) is 17.5 Å². The number of hydrogen-bond donors (Lipinski definition) is 3. The van der Waals surface area contributed by atoms with Crippen molar-refractivity contribution < 1.29 is 9.59 Å². The van der Waals surface area contributed by atoms with E-state index in [0.717, 1.165) is 13.1 Å². The number of carbonyl (C=O) groups is 2. The van der Waals surface area contributed by atoms with Crippen LogP contribution in [0.15, 0.2) is 36.7 Å². The second-order valence-corrected chi connectivity index (χ2v) is 5.73. The molecule has 0 spiro atoms. The number of aromatic nitrogens is 2. The van der Waals surface area contributed by atoms with Gasteiger partial charge in [0.1, 0.15) is 17.8 Å². The van der Waals surface area contributed by atoms with Crippen molar-refractivity contribution in [2.75, 3.05) is 43.1 Å². The third-order valence-electron chi connectivity index (χ3n) is 3.23. The Balaban J connectivity index is 1.97. The van der Waals surface area contributed by atoms with Crippen LogP contribution in [0.2, 0.25) is 0 Å². The first-order valence-electron chi connectivity index (χ1n) is 7.83. The zero-order valence-corrected chi connectivity index (χ0v) is 14.5. The first kappa shape index (κ1) is 18.3. The minimum atomic E-state index is -0.328. The monoisotopic (exact) mass is 342 g/mol. The molecule has 2 rings (SSSR count). The minimum Gasteiger partial charge on any atom is -0.369 e. The van der Waals surface area contributed by atoms with Gasteiger partial charge in [-0.3, -0.25) is 9.59 Å². The van der Waals surface area contributed by atoms with Crippen LogP contribution in [0.5, 0.6) is 0 Å². The molecule has 2 aromatic rings. The van der Waals surface area contributed by atoms with Gasteiger partial charge in [0.25, 0.3) is 5.91 Å². The van der Waals surface area contributed by atoms with Crippen molar-refractivity contribution in [2.24, 2.45) is 0 Å². The number of likely N-dealkylation sites (N-methyl/N-ethyl adjacent to an activating group) is 1. The van der Waals surface area contributed by atoms with E-state index < -0.39 is 0 Å². The van der Waals surface area contributed by atoms with Gasteiger partial charge < -0.3 is 20.9 Å². The maximum absolute atomic E-state index is 12.3. The SMILES string of the molecule is CC(=O)Nc1ccc(NC(=O)c2cc(NCCN(C)C)ncn2)cc1. The Hall–Kier alpha value is -3.00. The third kappa shape index (κ3) is 6.19. The summed E-state index contributed by atoms with van der Waals surface area (Å²) in [5, 5.41) is 8.58. The van der Waals surface area contributed by atoms with Crippen LogP contribution >= 0.6 is 0 Å². The molecule has 0 atom stereocenters. The number of anilines is 3. The Morgan fingerprint density at radius 3 is 2.28 bits per heavy atom. The molecule has 0 unspecified atom stereocenters. The molecule has 0 fully saturated rings. The van der Waals surface area contributed by atoms with Gasteiger partial charge in [0, 0.05) is 37.5 Å². The fraction of sp³-hybridized carbons (Fsp3) is 0.294. The number of amides is 2. The van der Waals surface area contributed by atoms with Crippen molar-refractivity contribution >= 4 is 29.0 Å². The molecule has 0 aliphatic carbocycles. The first-order chi connectivity index (χ1) is 11.9. The van der Waals surface area contributed by atoms with Crippen molar-refractivity contribution in [3.63, 3.8) is 0 Å². The molecule has 1 aromatic heterocycles. The van der Waals surface area contributed by atoms with Crippen LogP contribution in [-0.2, 0) is 4.79 Å². The Labute approximate surface area is 146 Å². The maximum Gasteiger partial charge on any atom is 0.274 e. The van der Waals surface area contributed by atoms with Crippen LogP contribution in [0, 0.1) is 0 Å². The topological polar surface area (TPSA) is 99.2 Å². The molecule has 0 aliphatic rings. The Bertz CT molecular complexity index is 730. The highest BCUT2D eigenvalue weighted by atomic mass is 16.2. The largest absolute Gasteiger partial charge is 0.369 e. The number of benzene rings is 1. The molecule has 8 heteroatoms. The predicted molar refractivity (Wildman–Crippen MR) is 97.8 cm³/mol. The molecule has 2 amide bonds. The van der Waals surface area contributed by atoms with E-state index in [1.54, 1.807) is 30.3 Å². The van der Waals surface area contributed by atoms with Crippen LogP contribution in [0.1, 0.15) is 17.4 Å². The lowest BCUT2D eigenvalue weighted by Crippen LogP contribution is -2.21. The molecule has 3 N–H and O–H groups in total. The minimum absolute atomic E-state index is 0.146. The zero-order chi connectivity index (χ0) is 18.2. The van der Waals surface area contributed by atoms with Gasteiger partial charge in [0.15, 0.2) is 0 Å². The molecule has 8 nitrogen and oxygen atoms in total. The first-order valence-corrected chi connectivity index (χ1v) is 7.83. The Morgan fingerprint density at radius 2 is 1.68 bits per heavy atom. The smallest absolute Gasteiger partial charge is 0.274 e. The summed E-state index contributed by atoms with van der Waals surface area (Å²) in [7, 11) is 3.97. The summed E-state index contributed by atoms with van der Waals surface area (Å²) in [6, 6.07) is 8.45. The van der Waals surface area contributed by atoms with Crippen LogP contribution in [0.3, 0.4) is 0 Å². The Morgan fingerprint density at radius 1 is 1.04 bits per heavy atom. The summed E-state index contributed by atoms with van der Waals surface area (Å²) in [4.78, 5) is 33.5. The predicted octanol–water partition coefficient (Wildman–Crippen LogP) is 1.66. The van der Waals surface area contributed by atoms with Crippen molar-refractivity contribution in [3.05, 3.63) is 42.4 Å². The van der Waals surface area contributed by atoms with Crippen LogP contribution in [0.4, 0.5) is 17.2 Å². The molecular formula is C17H22N6O2. The van der Waals surface area contributed by atoms with E-state index >= 15 is 0 Å². The average molecular weight is 342 g/mol. The number of nitrogens with zero attached hydrogens (tertiary/aromatic N) is 3. The van der Waals surface area contributed by atoms with Crippen LogP contribution in [-0.4, -0.2) is 53.9 Å². The summed E-state index contributed by atoms with van der Waals surface area (Å²) >= 11 is 0. The van der Waals surface area contributed by atoms with Gasteiger partial charge in [0.05, 0.1) is 0 Å². The number of carbonyl (C=O) groups excluding carboxylic acids is 2. The second-order valence-electron chi connectivity index (χ2n) is 5.73. The van der Waals surface area contributed by atoms with Crippen molar-refractivity contribution in [1.29, 1.82) is 0 Å². The highest BCUT2D eigenvalue weighted by Crippen LogP contribution is 2.14. The highest BCUT2D eigenvalue weighted by molar-refractivity contribution is 6.03. The molecule has 0 radical (unpaired) electrons. The lowest BCUT2D eigenvalue weighted by molar-refractivity contribution is -0.114. The molecule has 0 aliphatic heterocycles. The van der Waals surface area contributed by atoms with E-state index in [4.69, 9.17) is 0 Å². The van der Waals surface area contributed by atoms with Gasteiger partial charge in [-0.15, -0.1) is 0 Å². The van der Waals surface area contributed by atoms with Gasteiger partial charge in [0.2, 0.25) is 5.91 Å². The molecule has 25 heavy (non-hydrogen) atoms. The summed E-state index contributed by atoms with van der Waals surface area (Å²) in [6.45, 7) is 3.01. The molecular weight excluding hydrogens is 320 g/mol. The molecule has 1 aromatic carbocycles. The van der Waals surface area contributed by atoms with Gasteiger partial charge in [-0.2, -0.15) is 0 Å². The maximum atomic E-state index is 12.3. The third-order valence-corrected chi connectivity index (χ3v) is 3.23. The highest BCUT2D eigenvalue weighted by Gasteiger charge is 2.09. The lowest BCUT2D eigenvalue weighted by Gasteiger charge is -2.11. The Kier molecular flexibility index (Phi) is 6.41. The molecule has 0 saturated heterocycles. The van der Waals surface area contributed by atoms with E-state index in [0.29, 0.717) is 17.2 Å². The summed E-state index contributed by atoms with van der Waals surface area (Å²) in [6.07, 6.45) is 1.35. The van der Waals surface area contributed by atoms with Crippen molar-refractivity contribution in [1.82, 2.24) is 14.9 Å². The molecule has 0 saturated carbocycles. The van der Waals surface area contributed by atoms with E-state index in [1.165, 1.54) is 13.3 Å². The molecule has 1 heterocycles. The van der Waals surface area contributed by atoms with Gasteiger partial charge >= 0.3 is 0 Å². The fourth-order valence-corrected chi connectivity index (χ4v) is 2.02. The van der Waals surface area contributed by atoms with E-state index in [1.807, 2.05) is 19.0 Å². The quantitative estimate of drug-likeness (QED) is 0.708. The van der Waals surface area contributed by atoms with E-state index in [9.17, 15) is 9.59 Å². The zero-order valence-electron chi connectivity index (χ0n) is 14.5. The van der Waals surface area contributed by atoms with Gasteiger partial charge in [-0.05, 0) is 38.4 Å². The van der Waals surface area contributed by atoms with Gasteiger partial charge in [-0.25, -0.2) is 9.97 Å². The summed E-state index contributed by atoms with van der Waals surface area (Å²) in [5.41, 5.74) is 1.55. The summed E-state index contributed by atoms with van der Waals surface area (Å²) in [5.74, 6) is 0.125. The second kappa shape index (κ2) is 8.74. The normalized spacial score (nSPS) is 10.4. The van der Waals surface area contributed by atoms with E-state index in [2.05, 4.69) is 25.9 Å². The number of rotatable bonds is 7. The van der Waals surface area contributed by atoms with Gasteiger partial charge in [-0.1, -0.05) is 0 Å². The standard InChI is InChI=1S/C17H22N6O2/c1-12(24)21-13-4-6-14(7-5-13)22-17(25)15-10-16(20-11-19-15)18-8-9-23(2)3/h4-7,10-11H,8-9H2,1-3H3,(H,21,24)(H,22,25)(H,18,19,20). The van der Waals surface area contributed by atoms with Crippen molar-refractivity contribution in [2.45, 2.75) is 6.92 Å².